The molecule has 7 nitrogen and oxygen atoms in total. The number of hydrogen-bond acceptors (Lipinski definition) is 5. The van der Waals surface area contributed by atoms with E-state index in [1.165, 1.54) is 17.7 Å². The van der Waals surface area contributed by atoms with Gasteiger partial charge in [0.15, 0.2) is 0 Å². The number of rotatable bonds is 11. The fraction of sp³-hybridized carbons (Fsp3) is 0.441. The molecule has 1 saturated heterocycles. The standard InChI is InChI=1S/C34H42FN3O4/c1-22(2)16-30(38-20-25(12-13-31(38)39)19-37-15-14-28(35)21-37)34(41)36-29(18-32(40)42-5)26-10-7-11-27(17-26)33-23(3)8-6-9-24(33)4/h6-13,17,20,22,28-30H,14-16,18-19,21H2,1-5H3,(H,36,41)/t28?,29-,30?/m0/s1. The molecule has 8 heteroatoms. The van der Waals surface area contributed by atoms with Crippen molar-refractivity contribution < 1.29 is 18.7 Å². The van der Waals surface area contributed by atoms with Crippen LogP contribution in [0.1, 0.15) is 67.4 Å². The summed E-state index contributed by atoms with van der Waals surface area (Å²) in [4.78, 5) is 41.5. The Balaban J connectivity index is 1.66. The van der Waals surface area contributed by atoms with Gasteiger partial charge in [-0.15, -0.1) is 0 Å². The predicted octanol–water partition coefficient (Wildman–Crippen LogP) is 5.68. The van der Waals surface area contributed by atoms with Crippen molar-refractivity contribution in [2.75, 3.05) is 20.2 Å². The summed E-state index contributed by atoms with van der Waals surface area (Å²) in [5.74, 6) is -0.679. The van der Waals surface area contributed by atoms with Crippen molar-refractivity contribution in [1.82, 2.24) is 14.8 Å². The zero-order valence-electron chi connectivity index (χ0n) is 25.2. The van der Waals surface area contributed by atoms with E-state index < -0.39 is 24.2 Å². The van der Waals surface area contributed by atoms with Gasteiger partial charge in [0.25, 0.3) is 5.56 Å². The smallest absolute Gasteiger partial charge is 0.307 e. The highest BCUT2D eigenvalue weighted by atomic mass is 19.1. The highest BCUT2D eigenvalue weighted by molar-refractivity contribution is 5.82. The van der Waals surface area contributed by atoms with Crippen LogP contribution in [0.2, 0.25) is 0 Å². The summed E-state index contributed by atoms with van der Waals surface area (Å²) in [7, 11) is 1.33. The first-order chi connectivity index (χ1) is 20.0. The second-order valence-electron chi connectivity index (χ2n) is 11.8. The minimum atomic E-state index is -0.838. The van der Waals surface area contributed by atoms with Gasteiger partial charge in [-0.25, -0.2) is 4.39 Å². The number of carbonyl (C=O) groups is 2. The van der Waals surface area contributed by atoms with Gasteiger partial charge < -0.3 is 14.6 Å². The maximum atomic E-state index is 14.0. The van der Waals surface area contributed by atoms with Crippen LogP contribution in [0.3, 0.4) is 0 Å². The molecular weight excluding hydrogens is 533 g/mol. The number of pyridine rings is 1. The van der Waals surface area contributed by atoms with Gasteiger partial charge in [-0.1, -0.05) is 56.3 Å². The monoisotopic (exact) mass is 575 g/mol. The number of ether oxygens (including phenoxy) is 1. The lowest BCUT2D eigenvalue weighted by Gasteiger charge is -2.26. The molecule has 224 valence electrons. The molecule has 1 aliphatic heterocycles. The van der Waals surface area contributed by atoms with Crippen molar-refractivity contribution in [1.29, 1.82) is 0 Å². The van der Waals surface area contributed by atoms with Crippen LogP contribution in [-0.2, 0) is 20.9 Å². The van der Waals surface area contributed by atoms with Gasteiger partial charge in [0, 0.05) is 31.9 Å². The van der Waals surface area contributed by atoms with Crippen LogP contribution in [0.15, 0.2) is 65.6 Å². The number of likely N-dealkylation sites (tertiary alicyclic amines) is 1. The number of benzene rings is 2. The number of nitrogens with zero attached hydrogens (tertiary/aromatic N) is 2. The Bertz CT molecular complexity index is 1450. The minimum Gasteiger partial charge on any atom is -0.469 e. The van der Waals surface area contributed by atoms with Crippen LogP contribution in [0.25, 0.3) is 11.1 Å². The highest BCUT2D eigenvalue weighted by Crippen LogP contribution is 2.30. The molecule has 42 heavy (non-hydrogen) atoms. The Morgan fingerprint density at radius 2 is 1.79 bits per heavy atom. The second-order valence-corrected chi connectivity index (χ2v) is 11.8. The van der Waals surface area contributed by atoms with Gasteiger partial charge in [-0.2, -0.15) is 0 Å². The molecule has 3 atom stereocenters. The Labute approximate surface area is 247 Å². The molecule has 1 amide bonds. The van der Waals surface area contributed by atoms with Crippen molar-refractivity contribution in [3.05, 3.63) is 93.4 Å². The number of halogens is 1. The molecule has 4 rings (SSSR count). The molecule has 2 unspecified atom stereocenters. The van der Waals surface area contributed by atoms with Crippen LogP contribution in [0, 0.1) is 19.8 Å². The fourth-order valence-electron chi connectivity index (χ4n) is 5.82. The zero-order chi connectivity index (χ0) is 30.4. The molecule has 1 aromatic heterocycles. The van der Waals surface area contributed by atoms with E-state index in [4.69, 9.17) is 4.74 Å². The summed E-state index contributed by atoms with van der Waals surface area (Å²) in [6.07, 6.45) is 1.76. The highest BCUT2D eigenvalue weighted by Gasteiger charge is 2.28. The predicted molar refractivity (Wildman–Crippen MR) is 163 cm³/mol. The Hall–Kier alpha value is -3.78. The Kier molecular flexibility index (Phi) is 10.3. The third kappa shape index (κ3) is 7.73. The number of nitrogens with one attached hydrogen (secondary N) is 1. The number of amides is 1. The third-order valence-electron chi connectivity index (χ3n) is 7.93. The average Bonchev–Trinajstić information content (AvgIpc) is 3.36. The third-order valence-corrected chi connectivity index (χ3v) is 7.93. The van der Waals surface area contributed by atoms with E-state index in [1.54, 1.807) is 12.3 Å². The van der Waals surface area contributed by atoms with E-state index in [1.807, 2.05) is 49.1 Å². The van der Waals surface area contributed by atoms with Crippen molar-refractivity contribution in [3.8, 4) is 11.1 Å². The number of esters is 1. The molecule has 3 aromatic rings. The summed E-state index contributed by atoms with van der Waals surface area (Å²) in [6.45, 7) is 9.65. The van der Waals surface area contributed by atoms with Gasteiger partial charge in [-0.3, -0.25) is 19.3 Å². The molecule has 0 radical (unpaired) electrons. The molecule has 0 aliphatic carbocycles. The number of hydrogen-bond donors (Lipinski definition) is 1. The van der Waals surface area contributed by atoms with Crippen molar-refractivity contribution in [3.63, 3.8) is 0 Å². The van der Waals surface area contributed by atoms with Crippen LogP contribution >= 0.6 is 0 Å². The average molecular weight is 576 g/mol. The number of aromatic nitrogens is 1. The normalized spacial score (nSPS) is 16.8. The van der Waals surface area contributed by atoms with Gasteiger partial charge in [0.05, 0.1) is 19.6 Å². The summed E-state index contributed by atoms with van der Waals surface area (Å²) >= 11 is 0. The summed E-state index contributed by atoms with van der Waals surface area (Å²) in [5.41, 5.74) is 5.70. The van der Waals surface area contributed by atoms with Crippen LogP contribution in [0.4, 0.5) is 4.39 Å². The van der Waals surface area contributed by atoms with Crippen LogP contribution in [0.5, 0.6) is 0 Å². The summed E-state index contributed by atoms with van der Waals surface area (Å²) in [5, 5.41) is 3.08. The van der Waals surface area contributed by atoms with E-state index in [9.17, 15) is 18.8 Å². The van der Waals surface area contributed by atoms with Gasteiger partial charge in [0.1, 0.15) is 12.2 Å². The lowest BCUT2D eigenvalue weighted by Crippen LogP contribution is -2.40. The number of aryl methyl sites for hydroxylation is 2. The zero-order valence-corrected chi connectivity index (χ0v) is 25.2. The Morgan fingerprint density at radius 1 is 1.07 bits per heavy atom. The van der Waals surface area contributed by atoms with Gasteiger partial charge in [0.2, 0.25) is 5.91 Å². The second kappa shape index (κ2) is 13.9. The lowest BCUT2D eigenvalue weighted by atomic mass is 9.92. The molecular formula is C34H42FN3O4. The first kappa shape index (κ1) is 31.2. The fourth-order valence-corrected chi connectivity index (χ4v) is 5.82. The summed E-state index contributed by atoms with van der Waals surface area (Å²) < 4.78 is 20.2. The largest absolute Gasteiger partial charge is 0.469 e. The molecule has 0 spiro atoms. The van der Waals surface area contributed by atoms with E-state index in [0.717, 1.165) is 33.4 Å². The van der Waals surface area contributed by atoms with Crippen molar-refractivity contribution in [2.24, 2.45) is 5.92 Å². The number of carbonyl (C=O) groups excluding carboxylic acids is 2. The van der Waals surface area contributed by atoms with Crippen molar-refractivity contribution in [2.45, 2.75) is 71.8 Å². The molecule has 0 saturated carbocycles. The first-order valence-corrected chi connectivity index (χ1v) is 14.7. The van der Waals surface area contributed by atoms with Gasteiger partial charge >= 0.3 is 5.97 Å². The molecule has 2 aromatic carbocycles. The maximum absolute atomic E-state index is 14.0. The number of methoxy groups -OCH3 is 1. The van der Waals surface area contributed by atoms with E-state index in [0.29, 0.717) is 32.5 Å². The Morgan fingerprint density at radius 3 is 2.43 bits per heavy atom. The number of alkyl halides is 1. The van der Waals surface area contributed by atoms with E-state index in [-0.39, 0.29) is 23.8 Å². The minimum absolute atomic E-state index is 0.0544. The lowest BCUT2D eigenvalue weighted by molar-refractivity contribution is -0.141. The topological polar surface area (TPSA) is 80.6 Å². The van der Waals surface area contributed by atoms with E-state index >= 15 is 0 Å². The molecule has 2 heterocycles. The molecule has 1 fully saturated rings. The summed E-state index contributed by atoms with van der Waals surface area (Å²) in [6, 6.07) is 15.8. The van der Waals surface area contributed by atoms with E-state index in [2.05, 4.69) is 31.3 Å². The quantitative estimate of drug-likeness (QED) is 0.298. The SMILES string of the molecule is COC(=O)C[C@H](NC(=O)C(CC(C)C)n1cc(CN2CCC(F)C2)ccc1=O)c1cccc(-c2c(C)cccc2C)c1. The van der Waals surface area contributed by atoms with Crippen LogP contribution in [-0.4, -0.2) is 47.7 Å². The molecule has 1 N–H and O–H groups in total. The van der Waals surface area contributed by atoms with Gasteiger partial charge in [-0.05, 0) is 72.1 Å². The molecule has 1 aliphatic rings. The van der Waals surface area contributed by atoms with Crippen molar-refractivity contribution >= 4 is 11.9 Å². The van der Waals surface area contributed by atoms with Crippen LogP contribution < -0.4 is 10.9 Å². The first-order valence-electron chi connectivity index (χ1n) is 14.7. The maximum Gasteiger partial charge on any atom is 0.307 e. The molecule has 0 bridgehead atoms.